The van der Waals surface area contributed by atoms with Crippen LogP contribution in [0.25, 0.3) is 16.7 Å². The number of benzene rings is 2. The average Bonchev–Trinajstić information content (AvgIpc) is 2.58. The van der Waals surface area contributed by atoms with Gasteiger partial charge in [-0.3, -0.25) is 14.6 Å². The van der Waals surface area contributed by atoms with Gasteiger partial charge in [-0.15, -0.1) is 0 Å². The highest BCUT2D eigenvalue weighted by molar-refractivity contribution is 5.78. The van der Waals surface area contributed by atoms with E-state index in [1.165, 1.54) is 0 Å². The van der Waals surface area contributed by atoms with Crippen LogP contribution in [0.1, 0.15) is 16.8 Å². The van der Waals surface area contributed by atoms with Crippen molar-refractivity contribution in [1.82, 2.24) is 19.6 Å². The number of aromatic amines is 1. The van der Waals surface area contributed by atoms with Crippen molar-refractivity contribution in [3.63, 3.8) is 0 Å². The molecule has 6 heteroatoms. The van der Waals surface area contributed by atoms with Gasteiger partial charge < -0.3 is 0 Å². The Morgan fingerprint density at radius 1 is 1.04 bits per heavy atom. The second-order valence-corrected chi connectivity index (χ2v) is 5.73. The lowest BCUT2D eigenvalue weighted by molar-refractivity contribution is 0.790. The zero-order valence-corrected chi connectivity index (χ0v) is 13.0. The lowest BCUT2D eigenvalue weighted by Gasteiger charge is -2.05. The maximum atomic E-state index is 12.6. The minimum atomic E-state index is -0.335. The van der Waals surface area contributed by atoms with Crippen LogP contribution in [0.4, 0.5) is 0 Å². The van der Waals surface area contributed by atoms with Crippen molar-refractivity contribution in [2.75, 3.05) is 0 Å². The van der Waals surface area contributed by atoms with E-state index in [2.05, 4.69) is 15.1 Å². The molecule has 1 N–H and O–H groups in total. The molecule has 0 saturated heterocycles. The van der Waals surface area contributed by atoms with Crippen LogP contribution in [0, 0.1) is 6.92 Å². The minimum Gasteiger partial charge on any atom is -0.289 e. The fraction of sp³-hybridized carbons (Fsp3) is 0.111. The number of nitrogens with one attached hydrogen (secondary N) is 1. The second-order valence-electron chi connectivity index (χ2n) is 5.73. The Bertz CT molecular complexity index is 1170. The summed E-state index contributed by atoms with van der Waals surface area (Å²) in [7, 11) is 0. The predicted molar refractivity (Wildman–Crippen MR) is 91.4 cm³/mol. The highest BCUT2D eigenvalue weighted by Gasteiger charge is 2.11. The quantitative estimate of drug-likeness (QED) is 0.572. The van der Waals surface area contributed by atoms with Crippen molar-refractivity contribution >= 4 is 16.7 Å². The molecule has 0 aliphatic heterocycles. The number of para-hydroxylation sites is 1. The first-order chi connectivity index (χ1) is 11.6. The Morgan fingerprint density at radius 2 is 1.79 bits per heavy atom. The summed E-state index contributed by atoms with van der Waals surface area (Å²) in [6.07, 6.45) is 0.352. The van der Waals surface area contributed by atoms with Crippen LogP contribution in [-0.2, 0) is 6.42 Å². The van der Waals surface area contributed by atoms with E-state index in [4.69, 9.17) is 0 Å². The van der Waals surface area contributed by atoms with Gasteiger partial charge in [-0.25, -0.2) is 4.98 Å². The molecular weight excluding hydrogens is 304 g/mol. The summed E-state index contributed by atoms with van der Waals surface area (Å²) in [5, 5.41) is 4.71. The number of aryl methyl sites for hydroxylation is 1. The number of hydrogen-bond donors (Lipinski definition) is 1. The summed E-state index contributed by atoms with van der Waals surface area (Å²) in [5.41, 5.74) is 2.29. The molecule has 24 heavy (non-hydrogen) atoms. The molecule has 0 atom stereocenters. The van der Waals surface area contributed by atoms with Gasteiger partial charge >= 0.3 is 0 Å². The second kappa shape index (κ2) is 5.42. The highest BCUT2D eigenvalue weighted by atomic mass is 16.1. The molecule has 4 rings (SSSR count). The number of H-pyrrole nitrogens is 1. The maximum Gasteiger partial charge on any atom is 0.283 e. The van der Waals surface area contributed by atoms with E-state index in [1.54, 1.807) is 24.3 Å². The van der Waals surface area contributed by atoms with E-state index < -0.39 is 0 Å². The summed E-state index contributed by atoms with van der Waals surface area (Å²) in [5.74, 6) is 0.149. The molecule has 0 bridgehead atoms. The Morgan fingerprint density at radius 3 is 2.58 bits per heavy atom. The van der Waals surface area contributed by atoms with Crippen LogP contribution in [0.3, 0.4) is 0 Å². The molecule has 2 aromatic heterocycles. The molecule has 0 aliphatic rings. The van der Waals surface area contributed by atoms with Gasteiger partial charge in [-0.2, -0.15) is 9.61 Å². The SMILES string of the molecule is Cc1ccc(Cc2nn3c(=O)c4ccccc4nc3[nH]c2=O)cc1. The van der Waals surface area contributed by atoms with Crippen molar-refractivity contribution < 1.29 is 0 Å². The molecule has 0 aliphatic carbocycles. The first kappa shape index (κ1) is 14.3. The molecule has 0 saturated carbocycles. The van der Waals surface area contributed by atoms with Crippen molar-refractivity contribution in [2.24, 2.45) is 0 Å². The van der Waals surface area contributed by atoms with Crippen LogP contribution in [0.2, 0.25) is 0 Å². The first-order valence-electron chi connectivity index (χ1n) is 7.58. The number of fused-ring (bicyclic) bond motifs is 2. The number of aromatic nitrogens is 4. The van der Waals surface area contributed by atoms with Gasteiger partial charge in [0.05, 0.1) is 10.9 Å². The fourth-order valence-electron chi connectivity index (χ4n) is 2.65. The lowest BCUT2D eigenvalue weighted by Crippen LogP contribution is -2.27. The molecule has 6 nitrogen and oxygen atoms in total. The molecule has 0 radical (unpaired) electrons. The van der Waals surface area contributed by atoms with E-state index in [0.29, 0.717) is 17.3 Å². The monoisotopic (exact) mass is 318 g/mol. The van der Waals surface area contributed by atoms with Gasteiger partial charge in [-0.1, -0.05) is 42.0 Å². The largest absolute Gasteiger partial charge is 0.289 e. The third-order valence-corrected chi connectivity index (χ3v) is 3.95. The molecular formula is C18H14N4O2. The Labute approximate surface area is 136 Å². The first-order valence-corrected chi connectivity index (χ1v) is 7.58. The Kier molecular flexibility index (Phi) is 3.23. The molecule has 0 spiro atoms. The zero-order valence-electron chi connectivity index (χ0n) is 13.0. The highest BCUT2D eigenvalue weighted by Crippen LogP contribution is 2.08. The smallest absolute Gasteiger partial charge is 0.283 e. The molecule has 2 aromatic carbocycles. The summed E-state index contributed by atoms with van der Waals surface area (Å²) >= 11 is 0. The number of nitrogens with zero attached hydrogens (tertiary/aromatic N) is 3. The average molecular weight is 318 g/mol. The zero-order chi connectivity index (χ0) is 16.7. The fourth-order valence-corrected chi connectivity index (χ4v) is 2.65. The standard InChI is InChI=1S/C18H14N4O2/c1-11-6-8-12(9-7-11)10-15-16(23)20-18-19-14-5-3-2-4-13(14)17(24)22(18)21-15/h2-9H,10H2,1H3,(H,19,20,23). The van der Waals surface area contributed by atoms with E-state index in [1.807, 2.05) is 31.2 Å². The molecule has 0 unspecified atom stereocenters. The normalized spacial score (nSPS) is 11.2. The van der Waals surface area contributed by atoms with E-state index >= 15 is 0 Å². The van der Waals surface area contributed by atoms with E-state index in [0.717, 1.165) is 15.6 Å². The summed E-state index contributed by atoms with van der Waals surface area (Å²) in [6, 6.07) is 14.8. The molecule has 4 aromatic rings. The van der Waals surface area contributed by atoms with Gasteiger partial charge in [0.15, 0.2) is 0 Å². The van der Waals surface area contributed by atoms with Crippen molar-refractivity contribution in [3.8, 4) is 0 Å². The summed E-state index contributed by atoms with van der Waals surface area (Å²) < 4.78 is 1.16. The Hall–Kier alpha value is -3.28. The van der Waals surface area contributed by atoms with E-state index in [9.17, 15) is 9.59 Å². The van der Waals surface area contributed by atoms with Gasteiger partial charge in [0.1, 0.15) is 5.69 Å². The predicted octanol–water partition coefficient (Wildman–Crippen LogP) is 1.83. The minimum absolute atomic E-state index is 0.149. The summed E-state index contributed by atoms with van der Waals surface area (Å²) in [6.45, 7) is 2.00. The lowest BCUT2D eigenvalue weighted by atomic mass is 10.1. The van der Waals surface area contributed by atoms with Gasteiger partial charge in [0.2, 0.25) is 5.78 Å². The van der Waals surface area contributed by atoms with Crippen LogP contribution in [-0.4, -0.2) is 19.6 Å². The van der Waals surface area contributed by atoms with Gasteiger partial charge in [0, 0.05) is 6.42 Å². The van der Waals surface area contributed by atoms with Crippen molar-refractivity contribution in [1.29, 1.82) is 0 Å². The molecule has 0 amide bonds. The summed E-state index contributed by atoms with van der Waals surface area (Å²) in [4.78, 5) is 31.8. The van der Waals surface area contributed by atoms with Crippen molar-refractivity contribution in [2.45, 2.75) is 13.3 Å². The van der Waals surface area contributed by atoms with Crippen LogP contribution < -0.4 is 11.1 Å². The van der Waals surface area contributed by atoms with Crippen LogP contribution in [0.5, 0.6) is 0 Å². The maximum absolute atomic E-state index is 12.6. The third kappa shape index (κ3) is 2.38. The van der Waals surface area contributed by atoms with Gasteiger partial charge in [-0.05, 0) is 24.6 Å². The van der Waals surface area contributed by atoms with Gasteiger partial charge in [0.25, 0.3) is 11.1 Å². The number of hydrogen-bond acceptors (Lipinski definition) is 4. The molecule has 0 fully saturated rings. The molecule has 118 valence electrons. The van der Waals surface area contributed by atoms with E-state index in [-0.39, 0.29) is 22.6 Å². The van der Waals surface area contributed by atoms with Crippen LogP contribution >= 0.6 is 0 Å². The third-order valence-electron chi connectivity index (χ3n) is 3.95. The topological polar surface area (TPSA) is 80.1 Å². The van der Waals surface area contributed by atoms with Crippen molar-refractivity contribution in [3.05, 3.63) is 86.1 Å². The molecule has 2 heterocycles. The number of rotatable bonds is 2. The Balaban J connectivity index is 1.91. The van der Waals surface area contributed by atoms with Crippen LogP contribution in [0.15, 0.2) is 58.1 Å².